The number of likely N-dealkylation sites (N-methyl/N-ethyl adjacent to an activating group) is 1. The number of hydrogen-bond donors (Lipinski definition) is 2. The predicted octanol–water partition coefficient (Wildman–Crippen LogP) is 1.36. The van der Waals surface area contributed by atoms with Crippen LogP contribution >= 0.6 is 12.4 Å². The number of non-ortho nitro benzene ring substituents is 1. The second-order valence-electron chi connectivity index (χ2n) is 4.04. The summed E-state index contributed by atoms with van der Waals surface area (Å²) >= 11 is 0. The van der Waals surface area contributed by atoms with Gasteiger partial charge in [0, 0.05) is 24.7 Å². The Balaban J connectivity index is 0.00000361. The van der Waals surface area contributed by atoms with Gasteiger partial charge in [-0.2, -0.15) is 0 Å². The Morgan fingerprint density at radius 2 is 2.15 bits per heavy atom. The second kappa shape index (κ2) is 8.34. The van der Waals surface area contributed by atoms with Crippen LogP contribution in [0.4, 0.5) is 5.69 Å². The van der Waals surface area contributed by atoms with Gasteiger partial charge in [-0.15, -0.1) is 12.4 Å². The van der Waals surface area contributed by atoms with Crippen molar-refractivity contribution in [3.8, 4) is 5.75 Å². The summed E-state index contributed by atoms with van der Waals surface area (Å²) in [6.45, 7) is 2.33. The molecule has 0 spiro atoms. The maximum absolute atomic E-state index is 12.0. The zero-order chi connectivity index (χ0) is 14.4. The predicted molar refractivity (Wildman–Crippen MR) is 77.8 cm³/mol. The molecule has 0 heterocycles. The van der Waals surface area contributed by atoms with Gasteiger partial charge in [-0.25, -0.2) is 0 Å². The summed E-state index contributed by atoms with van der Waals surface area (Å²) in [6.07, 6.45) is 0. The lowest BCUT2D eigenvalue weighted by Gasteiger charge is -2.12. The average molecular weight is 304 g/mol. The lowest BCUT2D eigenvalue weighted by molar-refractivity contribution is -0.384. The van der Waals surface area contributed by atoms with Crippen LogP contribution in [-0.4, -0.2) is 37.6 Å². The topological polar surface area (TPSA) is 93.5 Å². The van der Waals surface area contributed by atoms with Crippen LogP contribution in [0.5, 0.6) is 5.75 Å². The molecule has 7 nitrogen and oxygen atoms in total. The second-order valence-corrected chi connectivity index (χ2v) is 4.04. The van der Waals surface area contributed by atoms with Crippen LogP contribution < -0.4 is 15.4 Å². The fraction of sp³-hybridized carbons (Fsp3) is 0.417. The van der Waals surface area contributed by atoms with Gasteiger partial charge in [0.05, 0.1) is 17.6 Å². The largest absolute Gasteiger partial charge is 0.496 e. The van der Waals surface area contributed by atoms with Crippen LogP contribution in [0.1, 0.15) is 17.3 Å². The van der Waals surface area contributed by atoms with E-state index in [-0.39, 0.29) is 29.7 Å². The number of carbonyl (C=O) groups is 1. The molecule has 0 aliphatic carbocycles. The number of nitro benzene ring substituents is 1. The number of amides is 1. The van der Waals surface area contributed by atoms with Crippen LogP contribution in [0.25, 0.3) is 0 Å². The molecular formula is C12H18ClN3O4. The van der Waals surface area contributed by atoms with Gasteiger partial charge >= 0.3 is 0 Å². The van der Waals surface area contributed by atoms with Crippen LogP contribution in [-0.2, 0) is 0 Å². The molecule has 0 aliphatic rings. The van der Waals surface area contributed by atoms with Gasteiger partial charge in [-0.3, -0.25) is 14.9 Å². The summed E-state index contributed by atoms with van der Waals surface area (Å²) in [5, 5.41) is 16.4. The number of benzene rings is 1. The maximum Gasteiger partial charge on any atom is 0.270 e. The fourth-order valence-electron chi connectivity index (χ4n) is 1.43. The molecular weight excluding hydrogens is 286 g/mol. The van der Waals surface area contributed by atoms with E-state index in [2.05, 4.69) is 10.6 Å². The van der Waals surface area contributed by atoms with Crippen molar-refractivity contribution in [3.63, 3.8) is 0 Å². The van der Waals surface area contributed by atoms with Gasteiger partial charge in [0.2, 0.25) is 0 Å². The van der Waals surface area contributed by atoms with E-state index < -0.39 is 10.8 Å². The lowest BCUT2D eigenvalue weighted by atomic mass is 10.1. The van der Waals surface area contributed by atoms with Crippen molar-refractivity contribution in [2.45, 2.75) is 13.0 Å². The number of rotatable bonds is 6. The Morgan fingerprint density at radius 1 is 1.50 bits per heavy atom. The number of ether oxygens (including phenoxy) is 1. The van der Waals surface area contributed by atoms with Crippen molar-refractivity contribution in [3.05, 3.63) is 33.9 Å². The summed E-state index contributed by atoms with van der Waals surface area (Å²) in [5.74, 6) is -0.0946. The van der Waals surface area contributed by atoms with E-state index in [0.717, 1.165) is 0 Å². The molecule has 1 amide bonds. The first-order valence-electron chi connectivity index (χ1n) is 5.77. The third-order valence-electron chi connectivity index (χ3n) is 2.70. The molecule has 0 saturated heterocycles. The van der Waals surface area contributed by atoms with E-state index in [0.29, 0.717) is 12.3 Å². The molecule has 1 unspecified atom stereocenters. The van der Waals surface area contributed by atoms with Crippen LogP contribution in [0, 0.1) is 10.1 Å². The molecule has 0 saturated carbocycles. The molecule has 1 rings (SSSR count). The van der Waals surface area contributed by atoms with Crippen molar-refractivity contribution >= 4 is 24.0 Å². The van der Waals surface area contributed by atoms with Crippen LogP contribution in [0.2, 0.25) is 0 Å². The molecule has 0 radical (unpaired) electrons. The highest BCUT2D eigenvalue weighted by Crippen LogP contribution is 2.23. The third kappa shape index (κ3) is 4.67. The minimum absolute atomic E-state index is 0. The van der Waals surface area contributed by atoms with Gasteiger partial charge in [0.15, 0.2) is 0 Å². The van der Waals surface area contributed by atoms with E-state index in [1.165, 1.54) is 25.3 Å². The Bertz CT molecular complexity index is 482. The summed E-state index contributed by atoms with van der Waals surface area (Å²) in [7, 11) is 3.19. The highest BCUT2D eigenvalue weighted by atomic mass is 35.5. The van der Waals surface area contributed by atoms with Gasteiger partial charge < -0.3 is 15.4 Å². The Kier molecular flexibility index (Phi) is 7.56. The zero-order valence-electron chi connectivity index (χ0n) is 11.5. The lowest BCUT2D eigenvalue weighted by Crippen LogP contribution is -2.37. The van der Waals surface area contributed by atoms with Crippen molar-refractivity contribution in [2.24, 2.45) is 0 Å². The molecule has 0 aromatic heterocycles. The summed E-state index contributed by atoms with van der Waals surface area (Å²) in [5.41, 5.74) is 0.00705. The molecule has 1 aromatic rings. The minimum Gasteiger partial charge on any atom is -0.496 e. The number of halogens is 1. The molecule has 8 heteroatoms. The van der Waals surface area contributed by atoms with E-state index in [1.54, 1.807) is 7.05 Å². The zero-order valence-corrected chi connectivity index (χ0v) is 12.3. The summed E-state index contributed by atoms with van der Waals surface area (Å²) in [4.78, 5) is 22.1. The number of nitro groups is 1. The summed E-state index contributed by atoms with van der Waals surface area (Å²) in [6, 6.07) is 4.02. The SMILES string of the molecule is CNC(C)CNC(=O)c1cc([N+](=O)[O-])ccc1OC.Cl. The van der Waals surface area contributed by atoms with Crippen LogP contribution in [0.15, 0.2) is 18.2 Å². The molecule has 20 heavy (non-hydrogen) atoms. The molecule has 0 fully saturated rings. The first-order valence-corrected chi connectivity index (χ1v) is 5.77. The number of hydrogen-bond acceptors (Lipinski definition) is 5. The highest BCUT2D eigenvalue weighted by Gasteiger charge is 2.17. The monoisotopic (exact) mass is 303 g/mol. The van der Waals surface area contributed by atoms with Crippen molar-refractivity contribution in [1.82, 2.24) is 10.6 Å². The number of methoxy groups -OCH3 is 1. The Hall–Kier alpha value is -1.86. The summed E-state index contributed by atoms with van der Waals surface area (Å²) < 4.78 is 5.04. The number of nitrogens with zero attached hydrogens (tertiary/aromatic N) is 1. The van der Waals surface area contributed by atoms with Gasteiger partial charge in [-0.05, 0) is 20.0 Å². The smallest absolute Gasteiger partial charge is 0.270 e. The first kappa shape index (κ1) is 18.1. The molecule has 1 atom stereocenters. The molecule has 0 bridgehead atoms. The molecule has 1 aromatic carbocycles. The fourth-order valence-corrected chi connectivity index (χ4v) is 1.43. The highest BCUT2D eigenvalue weighted by molar-refractivity contribution is 5.97. The quantitative estimate of drug-likeness (QED) is 0.611. The first-order chi connectivity index (χ1) is 8.99. The van der Waals surface area contributed by atoms with Crippen LogP contribution in [0.3, 0.4) is 0 Å². The normalized spacial score (nSPS) is 11.2. The van der Waals surface area contributed by atoms with Crippen molar-refractivity contribution in [1.29, 1.82) is 0 Å². The van der Waals surface area contributed by atoms with E-state index in [9.17, 15) is 14.9 Å². The van der Waals surface area contributed by atoms with Crippen molar-refractivity contribution in [2.75, 3.05) is 20.7 Å². The number of nitrogens with one attached hydrogen (secondary N) is 2. The van der Waals surface area contributed by atoms with Gasteiger partial charge in [0.1, 0.15) is 5.75 Å². The Labute approximate surface area is 123 Å². The average Bonchev–Trinajstić information content (AvgIpc) is 2.43. The molecule has 0 aliphatic heterocycles. The van der Waals surface area contributed by atoms with Gasteiger partial charge in [-0.1, -0.05) is 0 Å². The number of carbonyl (C=O) groups excluding carboxylic acids is 1. The maximum atomic E-state index is 12.0. The minimum atomic E-state index is -0.549. The standard InChI is InChI=1S/C12H17N3O4.ClH/c1-8(13-2)7-14-12(16)10-6-9(15(17)18)4-5-11(10)19-3;/h4-6,8,13H,7H2,1-3H3,(H,14,16);1H. The van der Waals surface area contributed by atoms with E-state index in [1.807, 2.05) is 6.92 Å². The van der Waals surface area contributed by atoms with Crippen molar-refractivity contribution < 1.29 is 14.5 Å². The van der Waals surface area contributed by atoms with Gasteiger partial charge in [0.25, 0.3) is 11.6 Å². The molecule has 112 valence electrons. The molecule has 2 N–H and O–H groups in total. The third-order valence-corrected chi connectivity index (χ3v) is 2.70. The van der Waals surface area contributed by atoms with E-state index >= 15 is 0 Å². The Morgan fingerprint density at radius 3 is 2.65 bits per heavy atom. The van der Waals surface area contributed by atoms with E-state index in [4.69, 9.17) is 4.74 Å².